The number of hydrogen-bond acceptors (Lipinski definition) is 3. The highest BCUT2D eigenvalue weighted by atomic mass is 16.5. The van der Waals surface area contributed by atoms with Crippen LogP contribution in [0.25, 0.3) is 0 Å². The standard InChI is InChI=1S/C10H22N2O/c1-9(11)4-3-6-12-7-5-10(8-12)13-2/h9-10H,3-8,11H2,1-2H3. The van der Waals surface area contributed by atoms with Gasteiger partial charge in [-0.15, -0.1) is 0 Å². The predicted octanol–water partition coefficient (Wildman–Crippen LogP) is 0.834. The van der Waals surface area contributed by atoms with Gasteiger partial charge in [-0.2, -0.15) is 0 Å². The molecule has 0 amide bonds. The summed E-state index contributed by atoms with van der Waals surface area (Å²) in [4.78, 5) is 2.47. The Morgan fingerprint density at radius 2 is 2.38 bits per heavy atom. The molecule has 3 heteroatoms. The van der Waals surface area contributed by atoms with Crippen LogP contribution < -0.4 is 5.73 Å². The van der Waals surface area contributed by atoms with Crippen molar-refractivity contribution in [3.8, 4) is 0 Å². The minimum Gasteiger partial charge on any atom is -0.380 e. The van der Waals surface area contributed by atoms with Gasteiger partial charge in [-0.25, -0.2) is 0 Å². The SMILES string of the molecule is COC1CCN(CCCC(C)N)C1. The number of nitrogens with zero attached hydrogens (tertiary/aromatic N) is 1. The summed E-state index contributed by atoms with van der Waals surface area (Å²) in [6, 6.07) is 0.348. The molecule has 0 saturated carbocycles. The van der Waals surface area contributed by atoms with E-state index in [1.54, 1.807) is 7.11 Å². The van der Waals surface area contributed by atoms with Crippen LogP contribution in [0.2, 0.25) is 0 Å². The van der Waals surface area contributed by atoms with Crippen molar-refractivity contribution in [2.75, 3.05) is 26.7 Å². The van der Waals surface area contributed by atoms with E-state index in [0.717, 1.165) is 13.0 Å². The molecule has 0 bridgehead atoms. The lowest BCUT2D eigenvalue weighted by atomic mass is 10.2. The van der Waals surface area contributed by atoms with Gasteiger partial charge >= 0.3 is 0 Å². The minimum absolute atomic E-state index is 0.348. The molecule has 2 unspecified atom stereocenters. The van der Waals surface area contributed by atoms with Crippen LogP contribution >= 0.6 is 0 Å². The Bertz CT molecular complexity index is 139. The van der Waals surface area contributed by atoms with Crippen LogP contribution in [0.3, 0.4) is 0 Å². The largest absolute Gasteiger partial charge is 0.380 e. The summed E-state index contributed by atoms with van der Waals surface area (Å²) in [5.74, 6) is 0. The molecular formula is C10H22N2O. The second-order valence-electron chi connectivity index (χ2n) is 4.07. The van der Waals surface area contributed by atoms with Crippen molar-refractivity contribution >= 4 is 0 Å². The van der Waals surface area contributed by atoms with Gasteiger partial charge in [-0.3, -0.25) is 0 Å². The van der Waals surface area contributed by atoms with Gasteiger partial charge in [0.25, 0.3) is 0 Å². The van der Waals surface area contributed by atoms with Crippen LogP contribution in [-0.2, 0) is 4.74 Å². The summed E-state index contributed by atoms with van der Waals surface area (Å²) >= 11 is 0. The van der Waals surface area contributed by atoms with E-state index in [4.69, 9.17) is 10.5 Å². The zero-order valence-electron chi connectivity index (χ0n) is 8.83. The summed E-state index contributed by atoms with van der Waals surface area (Å²) in [5.41, 5.74) is 5.69. The molecule has 1 aliphatic rings. The molecular weight excluding hydrogens is 164 g/mol. The van der Waals surface area contributed by atoms with Gasteiger partial charge < -0.3 is 15.4 Å². The predicted molar refractivity (Wildman–Crippen MR) is 54.7 cm³/mol. The third kappa shape index (κ3) is 4.07. The Balaban J connectivity index is 2.03. The van der Waals surface area contributed by atoms with Crippen LogP contribution in [0, 0.1) is 0 Å². The molecule has 0 aromatic heterocycles. The van der Waals surface area contributed by atoms with E-state index >= 15 is 0 Å². The summed E-state index contributed by atoms with van der Waals surface area (Å²) in [7, 11) is 1.80. The van der Waals surface area contributed by atoms with Crippen molar-refractivity contribution in [3.05, 3.63) is 0 Å². The topological polar surface area (TPSA) is 38.5 Å². The monoisotopic (exact) mass is 186 g/mol. The molecule has 3 nitrogen and oxygen atoms in total. The van der Waals surface area contributed by atoms with Crippen molar-refractivity contribution in [1.29, 1.82) is 0 Å². The smallest absolute Gasteiger partial charge is 0.0710 e. The summed E-state index contributed by atoms with van der Waals surface area (Å²) < 4.78 is 5.30. The first-order chi connectivity index (χ1) is 6.22. The zero-order chi connectivity index (χ0) is 9.68. The Hall–Kier alpha value is -0.120. The summed E-state index contributed by atoms with van der Waals surface area (Å²) in [5, 5.41) is 0. The molecule has 0 spiro atoms. The Morgan fingerprint density at radius 1 is 1.62 bits per heavy atom. The van der Waals surface area contributed by atoms with E-state index in [1.807, 2.05) is 0 Å². The van der Waals surface area contributed by atoms with Crippen molar-refractivity contribution in [1.82, 2.24) is 4.90 Å². The van der Waals surface area contributed by atoms with Crippen LogP contribution in [0.1, 0.15) is 26.2 Å². The Kier molecular flexibility index (Phi) is 4.70. The number of likely N-dealkylation sites (tertiary alicyclic amines) is 1. The fraction of sp³-hybridized carbons (Fsp3) is 1.00. The van der Waals surface area contributed by atoms with E-state index in [-0.39, 0.29) is 0 Å². The van der Waals surface area contributed by atoms with Gasteiger partial charge in [0, 0.05) is 26.2 Å². The summed E-state index contributed by atoms with van der Waals surface area (Å²) in [6.07, 6.45) is 4.01. The van der Waals surface area contributed by atoms with Crippen LogP contribution in [0.5, 0.6) is 0 Å². The lowest BCUT2D eigenvalue weighted by Crippen LogP contribution is -2.25. The van der Waals surface area contributed by atoms with Crippen LogP contribution in [-0.4, -0.2) is 43.8 Å². The molecule has 1 rings (SSSR count). The van der Waals surface area contributed by atoms with Gasteiger partial charge in [0.1, 0.15) is 0 Å². The third-order valence-electron chi connectivity index (χ3n) is 2.70. The maximum atomic E-state index is 5.69. The van der Waals surface area contributed by atoms with Crippen LogP contribution in [0.15, 0.2) is 0 Å². The first kappa shape index (κ1) is 11.0. The highest BCUT2D eigenvalue weighted by Gasteiger charge is 2.20. The Morgan fingerprint density at radius 3 is 2.92 bits per heavy atom. The average Bonchev–Trinajstić information content (AvgIpc) is 2.52. The maximum absolute atomic E-state index is 5.69. The zero-order valence-corrected chi connectivity index (χ0v) is 8.83. The van der Waals surface area contributed by atoms with Gasteiger partial charge in [-0.05, 0) is 32.7 Å². The van der Waals surface area contributed by atoms with Crippen molar-refractivity contribution in [2.24, 2.45) is 5.73 Å². The lowest BCUT2D eigenvalue weighted by molar-refractivity contribution is 0.108. The van der Waals surface area contributed by atoms with Gasteiger partial charge in [0.05, 0.1) is 6.10 Å². The number of ether oxygens (including phenoxy) is 1. The number of rotatable bonds is 5. The van der Waals surface area contributed by atoms with E-state index < -0.39 is 0 Å². The first-order valence-corrected chi connectivity index (χ1v) is 5.23. The van der Waals surface area contributed by atoms with Crippen molar-refractivity contribution in [2.45, 2.75) is 38.3 Å². The van der Waals surface area contributed by atoms with Gasteiger partial charge in [0.2, 0.25) is 0 Å². The fourth-order valence-corrected chi connectivity index (χ4v) is 1.83. The van der Waals surface area contributed by atoms with Crippen molar-refractivity contribution < 1.29 is 4.74 Å². The highest BCUT2D eigenvalue weighted by Crippen LogP contribution is 2.12. The average molecular weight is 186 g/mol. The molecule has 0 aliphatic carbocycles. The molecule has 1 aliphatic heterocycles. The van der Waals surface area contributed by atoms with Crippen molar-refractivity contribution in [3.63, 3.8) is 0 Å². The quantitative estimate of drug-likeness (QED) is 0.691. The molecule has 1 saturated heterocycles. The number of methoxy groups -OCH3 is 1. The molecule has 2 N–H and O–H groups in total. The molecule has 1 heterocycles. The van der Waals surface area contributed by atoms with E-state index in [9.17, 15) is 0 Å². The minimum atomic E-state index is 0.348. The number of nitrogens with two attached hydrogens (primary N) is 1. The van der Waals surface area contributed by atoms with E-state index in [2.05, 4.69) is 11.8 Å². The van der Waals surface area contributed by atoms with Gasteiger partial charge in [-0.1, -0.05) is 0 Å². The van der Waals surface area contributed by atoms with E-state index in [1.165, 1.54) is 25.9 Å². The van der Waals surface area contributed by atoms with E-state index in [0.29, 0.717) is 12.1 Å². The fourth-order valence-electron chi connectivity index (χ4n) is 1.83. The molecule has 2 atom stereocenters. The molecule has 78 valence electrons. The second kappa shape index (κ2) is 5.58. The van der Waals surface area contributed by atoms with Crippen LogP contribution in [0.4, 0.5) is 0 Å². The van der Waals surface area contributed by atoms with Gasteiger partial charge in [0.15, 0.2) is 0 Å². The number of hydrogen-bond donors (Lipinski definition) is 1. The molecule has 1 fully saturated rings. The summed E-state index contributed by atoms with van der Waals surface area (Å²) in [6.45, 7) is 5.55. The lowest BCUT2D eigenvalue weighted by Gasteiger charge is -2.15. The molecule has 0 radical (unpaired) electrons. The third-order valence-corrected chi connectivity index (χ3v) is 2.70. The first-order valence-electron chi connectivity index (χ1n) is 5.23. The molecule has 0 aromatic rings. The molecule has 13 heavy (non-hydrogen) atoms. The second-order valence-corrected chi connectivity index (χ2v) is 4.07. The Labute approximate surface area is 81.2 Å². The normalized spacial score (nSPS) is 26.5. The highest BCUT2D eigenvalue weighted by molar-refractivity contribution is 4.75. The molecule has 0 aromatic carbocycles. The maximum Gasteiger partial charge on any atom is 0.0710 e.